The lowest BCUT2D eigenvalue weighted by Gasteiger charge is -2.12. The number of hydrogen-bond acceptors (Lipinski definition) is 1. The van der Waals surface area contributed by atoms with Crippen LogP contribution in [-0.2, 0) is 0 Å². The lowest BCUT2D eigenvalue weighted by molar-refractivity contribution is 0.465. The summed E-state index contributed by atoms with van der Waals surface area (Å²) in [4.78, 5) is 0. The van der Waals surface area contributed by atoms with Gasteiger partial charge in [0.1, 0.15) is 5.82 Å². The molecule has 15 heavy (non-hydrogen) atoms. The van der Waals surface area contributed by atoms with E-state index in [1.165, 1.54) is 0 Å². The number of nitrogens with one attached hydrogen (secondary N) is 1. The van der Waals surface area contributed by atoms with Gasteiger partial charge in [-0.25, -0.2) is 13.2 Å². The summed E-state index contributed by atoms with van der Waals surface area (Å²) in [5.74, 6) is -3.05. The van der Waals surface area contributed by atoms with Gasteiger partial charge in [-0.15, -0.1) is 0 Å². The molecule has 0 spiro atoms. The summed E-state index contributed by atoms with van der Waals surface area (Å²) in [6, 6.07) is 0.816. The minimum Gasteiger partial charge on any atom is -0.316 e. The standard InChI is InChI=1S/C10H9BrF3N/c11-6-3-7(12)10(14)8(9(6)13)5-1-2-15-4-5/h3,5,15H,1-2,4H2. The smallest absolute Gasteiger partial charge is 0.165 e. The van der Waals surface area contributed by atoms with Crippen LogP contribution in [0.15, 0.2) is 10.5 Å². The second-order valence-corrected chi connectivity index (χ2v) is 4.43. The topological polar surface area (TPSA) is 12.0 Å². The van der Waals surface area contributed by atoms with E-state index in [-0.39, 0.29) is 16.0 Å². The van der Waals surface area contributed by atoms with Gasteiger partial charge in [0.2, 0.25) is 0 Å². The Balaban J connectivity index is 2.52. The Morgan fingerprint density at radius 2 is 2.00 bits per heavy atom. The molecule has 1 N–H and O–H groups in total. The fraction of sp³-hybridized carbons (Fsp3) is 0.400. The number of halogens is 4. The van der Waals surface area contributed by atoms with Crippen LogP contribution in [0.3, 0.4) is 0 Å². The van der Waals surface area contributed by atoms with Crippen LogP contribution in [0.4, 0.5) is 13.2 Å². The molecule has 1 aliphatic heterocycles. The highest BCUT2D eigenvalue weighted by molar-refractivity contribution is 9.10. The maximum absolute atomic E-state index is 13.6. The molecule has 1 heterocycles. The molecule has 1 fully saturated rings. The molecule has 1 aromatic rings. The van der Waals surface area contributed by atoms with E-state index in [4.69, 9.17) is 0 Å². The second-order valence-electron chi connectivity index (χ2n) is 3.57. The SMILES string of the molecule is Fc1cc(Br)c(F)c(C2CCNC2)c1F. The molecule has 0 aromatic heterocycles. The van der Waals surface area contributed by atoms with E-state index < -0.39 is 17.5 Å². The number of rotatable bonds is 1. The molecule has 1 atom stereocenters. The predicted molar refractivity (Wildman–Crippen MR) is 54.2 cm³/mol. The van der Waals surface area contributed by atoms with Gasteiger partial charge in [0, 0.05) is 18.0 Å². The zero-order valence-electron chi connectivity index (χ0n) is 7.79. The summed E-state index contributed by atoms with van der Waals surface area (Å²) < 4.78 is 40.1. The van der Waals surface area contributed by atoms with Crippen LogP contribution in [0, 0.1) is 17.5 Å². The fourth-order valence-corrected chi connectivity index (χ4v) is 2.27. The zero-order valence-corrected chi connectivity index (χ0v) is 9.37. The highest BCUT2D eigenvalue weighted by atomic mass is 79.9. The first kappa shape index (κ1) is 11.0. The Labute approximate surface area is 93.8 Å². The lowest BCUT2D eigenvalue weighted by atomic mass is 9.97. The van der Waals surface area contributed by atoms with Gasteiger partial charge < -0.3 is 5.32 Å². The molecular weight excluding hydrogens is 271 g/mol. The van der Waals surface area contributed by atoms with Crippen molar-refractivity contribution in [3.8, 4) is 0 Å². The predicted octanol–water partition coefficient (Wildman–Crippen LogP) is 2.94. The van der Waals surface area contributed by atoms with Gasteiger partial charge in [-0.05, 0) is 35.0 Å². The third-order valence-corrected chi connectivity index (χ3v) is 3.19. The summed E-state index contributed by atoms with van der Waals surface area (Å²) in [5.41, 5.74) is -0.146. The molecule has 82 valence electrons. The number of hydrogen-bond donors (Lipinski definition) is 1. The Bertz CT molecular complexity index is 362. The molecule has 5 heteroatoms. The minimum absolute atomic E-state index is 0.0247. The molecule has 2 rings (SSSR count). The van der Waals surface area contributed by atoms with Crippen LogP contribution in [0.5, 0.6) is 0 Å². The lowest BCUT2D eigenvalue weighted by Crippen LogP contribution is -2.11. The van der Waals surface area contributed by atoms with E-state index in [0.29, 0.717) is 19.5 Å². The minimum atomic E-state index is -1.07. The highest BCUT2D eigenvalue weighted by Crippen LogP contribution is 2.32. The maximum atomic E-state index is 13.6. The number of benzene rings is 1. The monoisotopic (exact) mass is 279 g/mol. The van der Waals surface area contributed by atoms with Crippen LogP contribution in [0.1, 0.15) is 17.9 Å². The van der Waals surface area contributed by atoms with E-state index in [9.17, 15) is 13.2 Å². The molecule has 0 saturated carbocycles. The van der Waals surface area contributed by atoms with Crippen molar-refractivity contribution in [3.63, 3.8) is 0 Å². The average Bonchev–Trinajstić information content (AvgIpc) is 2.69. The molecule has 1 unspecified atom stereocenters. The summed E-state index contributed by atoms with van der Waals surface area (Å²) >= 11 is 2.88. The molecule has 0 radical (unpaired) electrons. The van der Waals surface area contributed by atoms with Crippen molar-refractivity contribution in [3.05, 3.63) is 33.6 Å². The van der Waals surface area contributed by atoms with Crippen LogP contribution in [0.25, 0.3) is 0 Å². The van der Waals surface area contributed by atoms with Gasteiger partial charge in [-0.3, -0.25) is 0 Å². The first-order chi connectivity index (χ1) is 7.11. The Morgan fingerprint density at radius 1 is 1.27 bits per heavy atom. The van der Waals surface area contributed by atoms with Crippen molar-refractivity contribution in [2.24, 2.45) is 0 Å². The zero-order chi connectivity index (χ0) is 11.0. The first-order valence-corrected chi connectivity index (χ1v) is 5.44. The molecule has 1 aliphatic rings. The van der Waals surface area contributed by atoms with Crippen molar-refractivity contribution in [2.75, 3.05) is 13.1 Å². The van der Waals surface area contributed by atoms with Gasteiger partial charge in [0.15, 0.2) is 11.6 Å². The summed E-state index contributed by atoms with van der Waals surface area (Å²) in [6.45, 7) is 1.20. The van der Waals surface area contributed by atoms with Crippen LogP contribution >= 0.6 is 15.9 Å². The molecule has 0 bridgehead atoms. The van der Waals surface area contributed by atoms with E-state index in [1.807, 2.05) is 0 Å². The molecule has 0 amide bonds. The molecule has 1 saturated heterocycles. The van der Waals surface area contributed by atoms with E-state index in [2.05, 4.69) is 21.2 Å². The van der Waals surface area contributed by atoms with Crippen LogP contribution in [0.2, 0.25) is 0 Å². The van der Waals surface area contributed by atoms with Crippen molar-refractivity contribution in [1.82, 2.24) is 5.32 Å². The third-order valence-electron chi connectivity index (χ3n) is 2.61. The average molecular weight is 280 g/mol. The summed E-state index contributed by atoms with van der Waals surface area (Å²) in [7, 11) is 0. The highest BCUT2D eigenvalue weighted by Gasteiger charge is 2.27. The van der Waals surface area contributed by atoms with Gasteiger partial charge >= 0.3 is 0 Å². The Morgan fingerprint density at radius 3 is 2.60 bits per heavy atom. The maximum Gasteiger partial charge on any atom is 0.165 e. The fourth-order valence-electron chi connectivity index (χ4n) is 1.85. The van der Waals surface area contributed by atoms with Gasteiger partial charge in [-0.2, -0.15) is 0 Å². The summed E-state index contributed by atoms with van der Waals surface area (Å²) in [6.07, 6.45) is 0.629. The molecule has 1 aromatic carbocycles. The molecular formula is C10H9BrF3N. The third kappa shape index (κ3) is 1.90. The second kappa shape index (κ2) is 4.14. The first-order valence-electron chi connectivity index (χ1n) is 4.65. The van der Waals surface area contributed by atoms with Crippen molar-refractivity contribution in [2.45, 2.75) is 12.3 Å². The van der Waals surface area contributed by atoms with Gasteiger partial charge in [0.05, 0.1) is 4.47 Å². The van der Waals surface area contributed by atoms with Crippen molar-refractivity contribution in [1.29, 1.82) is 0 Å². The molecule has 1 nitrogen and oxygen atoms in total. The van der Waals surface area contributed by atoms with Gasteiger partial charge in [-0.1, -0.05) is 0 Å². The summed E-state index contributed by atoms with van der Waals surface area (Å²) in [5, 5.41) is 2.99. The van der Waals surface area contributed by atoms with E-state index >= 15 is 0 Å². The molecule has 0 aliphatic carbocycles. The van der Waals surface area contributed by atoms with Gasteiger partial charge in [0.25, 0.3) is 0 Å². The largest absolute Gasteiger partial charge is 0.316 e. The Kier molecular flexibility index (Phi) is 3.02. The van der Waals surface area contributed by atoms with E-state index in [1.54, 1.807) is 0 Å². The normalized spacial score (nSPS) is 20.9. The van der Waals surface area contributed by atoms with Crippen LogP contribution < -0.4 is 5.32 Å². The van der Waals surface area contributed by atoms with Crippen molar-refractivity contribution < 1.29 is 13.2 Å². The Hall–Kier alpha value is -0.550. The van der Waals surface area contributed by atoms with E-state index in [0.717, 1.165) is 6.07 Å². The quantitative estimate of drug-likeness (QED) is 0.780. The van der Waals surface area contributed by atoms with Crippen molar-refractivity contribution >= 4 is 15.9 Å². The van der Waals surface area contributed by atoms with Crippen LogP contribution in [-0.4, -0.2) is 13.1 Å².